The standard InChI is InChI=1S/C24H46N3O9PSi/c1-10-23(6,36-37(32,33)24(7,31)11-2)12-16-17(28)18(29)20(35-16)27-13-15(19(25)26-21(27)30)14-34-38(8,9)22(3,4)5/h13,16-18,20,28-29,31H,10-12,14H2,1-9H3,(H,32,33)(H2,25,26,30)/t16-,17-,18-,20-,23?,24-/m1/s1. The number of aromatic nitrogens is 2. The number of nitrogen functional groups attached to an aromatic ring is 1. The average molecular weight is 580 g/mol. The highest BCUT2D eigenvalue weighted by molar-refractivity contribution is 7.54. The molecule has 2 heterocycles. The number of ether oxygens (including phenoxy) is 1. The molecule has 1 aliphatic heterocycles. The fourth-order valence-electron chi connectivity index (χ4n) is 3.69. The number of nitrogens with zero attached hydrogens (tertiary/aromatic N) is 2. The Morgan fingerprint density at radius 2 is 1.74 bits per heavy atom. The second-order valence-electron chi connectivity index (χ2n) is 12.1. The van der Waals surface area contributed by atoms with Gasteiger partial charge in [0, 0.05) is 18.2 Å². The van der Waals surface area contributed by atoms with Gasteiger partial charge < -0.3 is 39.6 Å². The van der Waals surface area contributed by atoms with Crippen molar-refractivity contribution in [1.82, 2.24) is 9.55 Å². The molecule has 1 aliphatic rings. The van der Waals surface area contributed by atoms with Gasteiger partial charge in [0.05, 0.1) is 18.3 Å². The predicted molar refractivity (Wildman–Crippen MR) is 146 cm³/mol. The van der Waals surface area contributed by atoms with E-state index < -0.39 is 57.1 Å². The first-order valence-electron chi connectivity index (χ1n) is 12.9. The monoisotopic (exact) mass is 579 g/mol. The van der Waals surface area contributed by atoms with Crippen molar-refractivity contribution in [1.29, 1.82) is 0 Å². The second kappa shape index (κ2) is 11.4. The van der Waals surface area contributed by atoms with Crippen LogP contribution in [0.5, 0.6) is 0 Å². The fourth-order valence-corrected chi connectivity index (χ4v) is 6.03. The van der Waals surface area contributed by atoms with E-state index >= 15 is 0 Å². The first-order chi connectivity index (χ1) is 17.1. The molecule has 2 unspecified atom stereocenters. The molecule has 0 aliphatic carbocycles. The zero-order valence-corrected chi connectivity index (χ0v) is 25.9. The Morgan fingerprint density at radius 1 is 1.16 bits per heavy atom. The molecule has 0 aromatic carbocycles. The third-order valence-corrected chi connectivity index (χ3v) is 14.8. The van der Waals surface area contributed by atoms with Gasteiger partial charge in [0.2, 0.25) is 0 Å². The molecule has 2 rings (SSSR count). The molecule has 6 N–H and O–H groups in total. The van der Waals surface area contributed by atoms with Crippen LogP contribution in [-0.2, 0) is 24.9 Å². The Bertz CT molecular complexity index is 1090. The number of hydrogen-bond donors (Lipinski definition) is 5. The van der Waals surface area contributed by atoms with Gasteiger partial charge in [-0.1, -0.05) is 34.6 Å². The van der Waals surface area contributed by atoms with Crippen LogP contribution in [0.3, 0.4) is 0 Å². The lowest BCUT2D eigenvalue weighted by Crippen LogP contribution is -2.41. The number of rotatable bonds is 11. The third-order valence-electron chi connectivity index (χ3n) is 8.07. The SMILES string of the molecule is CCC(C)(C[C@H]1O[C@@H](n2cc(CO[Si](C)(C)C(C)(C)C)c(N)nc2=O)[C@H](O)[C@@H]1O)OP(=O)(O)[C@@](C)(O)CC. The first kappa shape index (κ1) is 33.1. The summed E-state index contributed by atoms with van der Waals surface area (Å²) in [5.41, 5.74) is 4.36. The smallest absolute Gasteiger partial charge is 0.359 e. The van der Waals surface area contributed by atoms with Crippen LogP contribution in [0.4, 0.5) is 5.82 Å². The molecule has 1 aromatic heterocycles. The maximum Gasteiger partial charge on any atom is 0.359 e. The normalized spacial score (nSPS) is 27.5. The van der Waals surface area contributed by atoms with Crippen LogP contribution in [0.1, 0.15) is 79.5 Å². The highest BCUT2D eigenvalue weighted by Crippen LogP contribution is 2.59. The van der Waals surface area contributed by atoms with E-state index in [1.165, 1.54) is 13.1 Å². The highest BCUT2D eigenvalue weighted by Gasteiger charge is 2.51. The summed E-state index contributed by atoms with van der Waals surface area (Å²) in [5, 5.41) is 29.9. The van der Waals surface area contributed by atoms with Crippen molar-refractivity contribution in [2.75, 3.05) is 5.73 Å². The number of hydrogen-bond acceptors (Lipinski definition) is 10. The van der Waals surface area contributed by atoms with E-state index in [0.29, 0.717) is 5.56 Å². The lowest BCUT2D eigenvalue weighted by molar-refractivity contribution is -0.0715. The van der Waals surface area contributed by atoms with Gasteiger partial charge in [-0.2, -0.15) is 4.98 Å². The minimum Gasteiger partial charge on any atom is -0.412 e. The van der Waals surface area contributed by atoms with Gasteiger partial charge in [-0.3, -0.25) is 9.13 Å². The van der Waals surface area contributed by atoms with Gasteiger partial charge in [0.1, 0.15) is 18.0 Å². The number of anilines is 1. The molecular formula is C24H46N3O9PSi. The van der Waals surface area contributed by atoms with Crippen molar-refractivity contribution < 1.29 is 38.5 Å². The molecule has 38 heavy (non-hydrogen) atoms. The Labute approximate surface area is 225 Å². The lowest BCUT2D eigenvalue weighted by Gasteiger charge is -2.37. The van der Waals surface area contributed by atoms with Crippen LogP contribution in [0.15, 0.2) is 11.0 Å². The van der Waals surface area contributed by atoms with E-state index in [1.807, 2.05) is 0 Å². The van der Waals surface area contributed by atoms with Crippen molar-refractivity contribution in [2.24, 2.45) is 0 Å². The maximum atomic E-state index is 12.8. The molecule has 0 bridgehead atoms. The van der Waals surface area contributed by atoms with Crippen molar-refractivity contribution in [2.45, 2.75) is 128 Å². The van der Waals surface area contributed by atoms with Gasteiger partial charge in [0.15, 0.2) is 19.9 Å². The summed E-state index contributed by atoms with van der Waals surface area (Å²) in [6.07, 6.45) is -3.74. The summed E-state index contributed by atoms with van der Waals surface area (Å²) >= 11 is 0. The Kier molecular flexibility index (Phi) is 9.90. The van der Waals surface area contributed by atoms with Crippen LogP contribution in [0, 0.1) is 0 Å². The van der Waals surface area contributed by atoms with E-state index in [0.717, 1.165) is 4.57 Å². The van der Waals surface area contributed by atoms with Gasteiger partial charge in [0.25, 0.3) is 0 Å². The summed E-state index contributed by atoms with van der Waals surface area (Å²) in [6.45, 7) is 16.6. The average Bonchev–Trinajstić information content (AvgIpc) is 3.05. The van der Waals surface area contributed by atoms with Crippen LogP contribution in [0.2, 0.25) is 18.1 Å². The zero-order valence-electron chi connectivity index (χ0n) is 24.0. The van der Waals surface area contributed by atoms with E-state index in [1.54, 1.807) is 20.8 Å². The Hall–Kier alpha value is -1.15. The van der Waals surface area contributed by atoms with Crippen LogP contribution in [-0.4, -0.2) is 67.3 Å². The van der Waals surface area contributed by atoms with Crippen molar-refractivity contribution in [3.63, 3.8) is 0 Å². The molecule has 0 saturated carbocycles. The number of aliphatic hydroxyl groups excluding tert-OH is 2. The van der Waals surface area contributed by atoms with Crippen LogP contribution < -0.4 is 11.4 Å². The summed E-state index contributed by atoms with van der Waals surface area (Å²) in [6, 6.07) is 0. The summed E-state index contributed by atoms with van der Waals surface area (Å²) in [5.74, 6) is 0.00294. The maximum absolute atomic E-state index is 12.8. The van der Waals surface area contributed by atoms with Crippen molar-refractivity contribution >= 4 is 21.7 Å². The molecule has 0 amide bonds. The first-order valence-corrected chi connectivity index (χ1v) is 17.4. The Balaban J connectivity index is 2.30. The molecule has 14 heteroatoms. The van der Waals surface area contributed by atoms with E-state index in [4.69, 9.17) is 19.4 Å². The molecule has 7 atom stereocenters. The molecule has 1 saturated heterocycles. The largest absolute Gasteiger partial charge is 0.412 e. The molecular weight excluding hydrogens is 533 g/mol. The minimum absolute atomic E-state index is 0.00294. The van der Waals surface area contributed by atoms with Gasteiger partial charge >= 0.3 is 13.3 Å². The van der Waals surface area contributed by atoms with Crippen LogP contribution >= 0.6 is 7.60 Å². The topological polar surface area (TPSA) is 187 Å². The minimum atomic E-state index is -4.49. The van der Waals surface area contributed by atoms with Gasteiger partial charge in [-0.15, -0.1) is 0 Å². The third kappa shape index (κ3) is 6.94. The number of nitrogens with two attached hydrogens (primary N) is 1. The molecule has 1 fully saturated rings. The molecule has 0 spiro atoms. The van der Waals surface area contributed by atoms with Crippen LogP contribution in [0.25, 0.3) is 0 Å². The summed E-state index contributed by atoms with van der Waals surface area (Å²) < 4.78 is 31.5. The quantitative estimate of drug-likeness (QED) is 0.192. The highest BCUT2D eigenvalue weighted by atomic mass is 31.2. The van der Waals surface area contributed by atoms with Crippen molar-refractivity contribution in [3.8, 4) is 0 Å². The van der Waals surface area contributed by atoms with E-state index in [-0.39, 0.29) is 36.7 Å². The van der Waals surface area contributed by atoms with E-state index in [2.05, 4.69) is 38.8 Å². The predicted octanol–water partition coefficient (Wildman–Crippen LogP) is 2.85. The lowest BCUT2D eigenvalue weighted by atomic mass is 9.93. The van der Waals surface area contributed by atoms with Gasteiger partial charge in [-0.25, -0.2) is 4.79 Å². The summed E-state index contributed by atoms with van der Waals surface area (Å²) in [7, 11) is -6.63. The fraction of sp³-hybridized carbons (Fsp3) is 0.833. The number of aliphatic hydroxyl groups is 3. The van der Waals surface area contributed by atoms with E-state index in [9.17, 15) is 29.6 Å². The second-order valence-corrected chi connectivity index (χ2v) is 19.1. The Morgan fingerprint density at radius 3 is 2.24 bits per heavy atom. The van der Waals surface area contributed by atoms with Crippen molar-refractivity contribution in [3.05, 3.63) is 22.2 Å². The van der Waals surface area contributed by atoms with Gasteiger partial charge in [-0.05, 0) is 44.8 Å². The molecule has 0 radical (unpaired) electrons. The summed E-state index contributed by atoms with van der Waals surface area (Å²) in [4.78, 5) is 27.0. The molecule has 12 nitrogen and oxygen atoms in total. The zero-order chi connectivity index (χ0) is 29.5. The molecule has 220 valence electrons. The molecule has 1 aromatic rings.